The fourth-order valence-electron chi connectivity index (χ4n) is 3.09. The van der Waals surface area contributed by atoms with Crippen LogP contribution in [-0.4, -0.2) is 129 Å². The first-order valence-electron chi connectivity index (χ1n) is 9.55. The molecule has 15 heteroatoms. The summed E-state index contributed by atoms with van der Waals surface area (Å²) in [5.41, 5.74) is 0. The number of carboxylic acid groups (broad SMARTS) is 1. The number of aliphatic hydroxyl groups is 2. The maximum Gasteiger partial charge on any atom is 0.303 e. The average Bonchev–Trinajstić information content (AvgIpc) is 2.72. The SMILES string of the molecule is CP(=O)(CO)CN1CCN(CP(=O)(O)CO)CCN(CP(=O)(O)CCC(=O)O)CC1. The Morgan fingerprint density at radius 2 is 1.17 bits per heavy atom. The Kier molecular flexibility index (Phi) is 11.4. The molecule has 1 aliphatic heterocycles. The molecule has 1 saturated heterocycles. The van der Waals surface area contributed by atoms with Crippen molar-refractivity contribution in [2.75, 3.05) is 83.6 Å². The van der Waals surface area contributed by atoms with Crippen molar-refractivity contribution in [3.8, 4) is 0 Å². The van der Waals surface area contributed by atoms with E-state index >= 15 is 0 Å². The Morgan fingerprint density at radius 3 is 1.53 bits per heavy atom. The van der Waals surface area contributed by atoms with Gasteiger partial charge in [0.2, 0.25) is 14.7 Å². The topological polar surface area (TPSA) is 179 Å². The summed E-state index contributed by atoms with van der Waals surface area (Å²) in [6.45, 7) is 3.63. The van der Waals surface area contributed by atoms with E-state index in [1.807, 2.05) is 4.90 Å². The summed E-state index contributed by atoms with van der Waals surface area (Å²) in [7, 11) is -10.3. The zero-order valence-corrected chi connectivity index (χ0v) is 19.9. The maximum absolute atomic E-state index is 12.4. The van der Waals surface area contributed by atoms with Crippen LogP contribution in [0.25, 0.3) is 0 Å². The van der Waals surface area contributed by atoms with E-state index in [1.165, 1.54) is 6.66 Å². The lowest BCUT2D eigenvalue weighted by Crippen LogP contribution is -2.37. The molecule has 12 nitrogen and oxygen atoms in total. The molecule has 1 aliphatic rings. The number of nitrogens with zero attached hydrogens (tertiary/aromatic N) is 3. The second kappa shape index (κ2) is 12.2. The predicted molar refractivity (Wildman–Crippen MR) is 114 cm³/mol. The van der Waals surface area contributed by atoms with Crippen LogP contribution in [0.15, 0.2) is 0 Å². The van der Waals surface area contributed by atoms with Gasteiger partial charge < -0.3 is 29.7 Å². The molecule has 0 spiro atoms. The molecular weight excluding hydrogens is 459 g/mol. The van der Waals surface area contributed by atoms with E-state index in [1.54, 1.807) is 9.80 Å². The van der Waals surface area contributed by atoms with Crippen LogP contribution in [0.4, 0.5) is 0 Å². The molecule has 0 aliphatic carbocycles. The third-order valence-corrected chi connectivity index (χ3v) is 9.38. The summed E-state index contributed by atoms with van der Waals surface area (Å²) in [4.78, 5) is 35.9. The highest BCUT2D eigenvalue weighted by molar-refractivity contribution is 7.62. The van der Waals surface area contributed by atoms with Crippen LogP contribution in [0, 0.1) is 0 Å². The first-order valence-corrected chi connectivity index (χ1v) is 16.1. The Labute approximate surface area is 176 Å². The summed E-state index contributed by atoms with van der Waals surface area (Å²) in [5.74, 6) is -1.16. The number of carbonyl (C=O) groups is 1. The van der Waals surface area contributed by atoms with Crippen molar-refractivity contribution in [2.24, 2.45) is 0 Å². The second-order valence-electron chi connectivity index (χ2n) is 7.92. The number of hydrogen-bond acceptors (Lipinski definition) is 9. The van der Waals surface area contributed by atoms with Crippen LogP contribution < -0.4 is 0 Å². The van der Waals surface area contributed by atoms with E-state index < -0.39 is 47.0 Å². The van der Waals surface area contributed by atoms with Crippen molar-refractivity contribution in [1.29, 1.82) is 0 Å². The minimum Gasteiger partial charge on any atom is -0.481 e. The normalized spacial score (nSPS) is 24.0. The number of carboxylic acids is 1. The fraction of sp³-hybridized carbons (Fsp3) is 0.933. The molecule has 178 valence electrons. The van der Waals surface area contributed by atoms with Crippen molar-refractivity contribution in [2.45, 2.75) is 6.42 Å². The van der Waals surface area contributed by atoms with Gasteiger partial charge in [0.05, 0.1) is 31.6 Å². The number of aliphatic carboxylic acids is 1. The van der Waals surface area contributed by atoms with Crippen LogP contribution >= 0.6 is 21.9 Å². The fourth-order valence-corrected chi connectivity index (χ4v) is 6.89. The van der Waals surface area contributed by atoms with Gasteiger partial charge in [-0.15, -0.1) is 0 Å². The molecule has 0 radical (unpaired) electrons. The second-order valence-corrected chi connectivity index (χ2v) is 15.8. The van der Waals surface area contributed by atoms with Crippen molar-refractivity contribution in [3.05, 3.63) is 0 Å². The first kappa shape index (κ1) is 27.9. The predicted octanol–water partition coefficient (Wildman–Crippen LogP) is -0.313. The quantitative estimate of drug-likeness (QED) is 0.237. The lowest BCUT2D eigenvalue weighted by molar-refractivity contribution is -0.136. The van der Waals surface area contributed by atoms with Crippen molar-refractivity contribution in [1.82, 2.24) is 14.7 Å². The van der Waals surface area contributed by atoms with Gasteiger partial charge in [0.25, 0.3) is 0 Å². The van der Waals surface area contributed by atoms with E-state index in [-0.39, 0.29) is 25.0 Å². The highest BCUT2D eigenvalue weighted by Gasteiger charge is 2.28. The van der Waals surface area contributed by atoms with Gasteiger partial charge in [-0.1, -0.05) is 0 Å². The lowest BCUT2D eigenvalue weighted by atomic mass is 10.5. The van der Waals surface area contributed by atoms with Gasteiger partial charge in [0, 0.05) is 45.4 Å². The molecule has 0 aromatic carbocycles. The van der Waals surface area contributed by atoms with Crippen LogP contribution in [0.1, 0.15) is 6.42 Å². The number of rotatable bonds is 11. The van der Waals surface area contributed by atoms with Gasteiger partial charge >= 0.3 is 5.97 Å². The zero-order chi connectivity index (χ0) is 23.0. The molecule has 1 fully saturated rings. The molecule has 30 heavy (non-hydrogen) atoms. The molecule has 0 aromatic heterocycles. The van der Waals surface area contributed by atoms with Crippen molar-refractivity contribution < 1.29 is 43.6 Å². The van der Waals surface area contributed by atoms with E-state index in [4.69, 9.17) is 10.2 Å². The van der Waals surface area contributed by atoms with Gasteiger partial charge in [-0.05, 0) is 6.66 Å². The molecule has 0 amide bonds. The third kappa shape index (κ3) is 11.5. The Bertz CT molecular complexity index is 670. The average molecular weight is 493 g/mol. The van der Waals surface area contributed by atoms with E-state index in [0.29, 0.717) is 39.3 Å². The van der Waals surface area contributed by atoms with E-state index in [0.717, 1.165) is 0 Å². The molecule has 0 aromatic rings. The first-order chi connectivity index (χ1) is 13.8. The number of hydrogen-bond donors (Lipinski definition) is 5. The molecule has 1 rings (SSSR count). The van der Waals surface area contributed by atoms with Crippen LogP contribution in [-0.2, 0) is 18.5 Å². The molecule has 5 N–H and O–H groups in total. The van der Waals surface area contributed by atoms with Crippen LogP contribution in [0.3, 0.4) is 0 Å². The largest absolute Gasteiger partial charge is 0.481 e. The summed E-state index contributed by atoms with van der Waals surface area (Å²) < 4.78 is 36.8. The Hall–Kier alpha value is -0.120. The lowest BCUT2D eigenvalue weighted by Gasteiger charge is -2.28. The van der Waals surface area contributed by atoms with Gasteiger partial charge in [-0.3, -0.25) is 28.6 Å². The van der Waals surface area contributed by atoms with Gasteiger partial charge in [0.15, 0.2) is 0 Å². The van der Waals surface area contributed by atoms with Crippen molar-refractivity contribution in [3.63, 3.8) is 0 Å². The molecule has 3 atom stereocenters. The van der Waals surface area contributed by atoms with Crippen LogP contribution in [0.5, 0.6) is 0 Å². The molecule has 0 saturated carbocycles. The minimum atomic E-state index is -3.76. The zero-order valence-electron chi connectivity index (χ0n) is 17.2. The highest BCUT2D eigenvalue weighted by Crippen LogP contribution is 2.43. The van der Waals surface area contributed by atoms with E-state index in [2.05, 4.69) is 0 Å². The smallest absolute Gasteiger partial charge is 0.303 e. The van der Waals surface area contributed by atoms with E-state index in [9.17, 15) is 33.4 Å². The molecular formula is C15H34N3O9P3. The number of aliphatic hydroxyl groups excluding tert-OH is 2. The van der Waals surface area contributed by atoms with Gasteiger partial charge in [0.1, 0.15) is 13.5 Å². The van der Waals surface area contributed by atoms with Crippen LogP contribution in [0.2, 0.25) is 0 Å². The summed E-state index contributed by atoms with van der Waals surface area (Å²) in [5, 5.41) is 27.2. The Balaban J connectivity index is 2.93. The minimum absolute atomic E-state index is 0.137. The standard InChI is InChI=1S/C15H34N3O9P3/c1-28(23,13-19)10-16-3-5-17(11-29(24,25)9-2-15(21)22)7-8-18(6-4-16)12-30(26,27)14-20/h19-20H,2-14H2,1H3,(H,21,22)(H,24,25)(H,26,27). The maximum atomic E-state index is 12.4. The summed E-state index contributed by atoms with van der Waals surface area (Å²) in [6, 6.07) is 0. The Morgan fingerprint density at radius 1 is 0.767 bits per heavy atom. The summed E-state index contributed by atoms with van der Waals surface area (Å²) in [6.07, 6.45) is -2.40. The molecule has 1 heterocycles. The highest BCUT2D eigenvalue weighted by atomic mass is 31.2. The van der Waals surface area contributed by atoms with Crippen molar-refractivity contribution >= 4 is 27.8 Å². The van der Waals surface area contributed by atoms with Gasteiger partial charge in [-0.2, -0.15) is 0 Å². The summed E-state index contributed by atoms with van der Waals surface area (Å²) >= 11 is 0. The monoisotopic (exact) mass is 493 g/mol. The molecule has 3 unspecified atom stereocenters. The third-order valence-electron chi connectivity index (χ3n) is 4.73. The van der Waals surface area contributed by atoms with Gasteiger partial charge in [-0.25, -0.2) is 0 Å². The molecule has 0 bridgehead atoms.